The number of aryl methyl sites for hydroxylation is 1. The highest BCUT2D eigenvalue weighted by Crippen LogP contribution is 2.24. The van der Waals surface area contributed by atoms with Crippen molar-refractivity contribution in [1.82, 2.24) is 13.7 Å². The highest BCUT2D eigenvalue weighted by atomic mass is 32.2. The Labute approximate surface area is 194 Å². The lowest BCUT2D eigenvalue weighted by Crippen LogP contribution is -2.54. The molecule has 168 valence electrons. The Morgan fingerprint density at radius 2 is 1.84 bits per heavy atom. The quantitative estimate of drug-likeness (QED) is 0.525. The van der Waals surface area contributed by atoms with E-state index in [1.165, 1.54) is 22.7 Å². The van der Waals surface area contributed by atoms with Gasteiger partial charge in [0.05, 0.1) is 5.75 Å². The number of piperazine rings is 1. The Hall–Kier alpha value is -2.55. The van der Waals surface area contributed by atoms with Crippen molar-refractivity contribution < 1.29 is 8.42 Å². The normalized spacial score (nSPS) is 17.8. The van der Waals surface area contributed by atoms with Gasteiger partial charge in [0.1, 0.15) is 5.82 Å². The zero-order valence-corrected chi connectivity index (χ0v) is 20.0. The van der Waals surface area contributed by atoms with Gasteiger partial charge < -0.3 is 4.90 Å². The maximum absolute atomic E-state index is 12.9. The molecule has 1 unspecified atom stereocenters. The number of rotatable bonds is 7. The smallest absolute Gasteiger partial charge is 0.218 e. The molecular weight excluding hydrogens is 440 g/mol. The minimum absolute atomic E-state index is 0.00569. The highest BCUT2D eigenvalue weighted by molar-refractivity contribution is 7.89. The number of aromatic nitrogens is 2. The van der Waals surface area contributed by atoms with Gasteiger partial charge in [-0.15, -0.1) is 0 Å². The van der Waals surface area contributed by atoms with Gasteiger partial charge in [-0.3, -0.25) is 0 Å². The number of hydrogen-bond acceptors (Lipinski definition) is 6. The van der Waals surface area contributed by atoms with Crippen LogP contribution in [0.2, 0.25) is 0 Å². The van der Waals surface area contributed by atoms with E-state index in [1.54, 1.807) is 10.4 Å². The predicted octanol–water partition coefficient (Wildman–Crippen LogP) is 3.99. The molecule has 8 heteroatoms. The topological polar surface area (TPSA) is 66.4 Å². The van der Waals surface area contributed by atoms with Gasteiger partial charge in [-0.05, 0) is 25.0 Å². The van der Waals surface area contributed by atoms with Gasteiger partial charge in [0, 0.05) is 43.6 Å². The Balaban J connectivity index is 1.35. The molecular formula is C24H28N4O2S2. The van der Waals surface area contributed by atoms with E-state index in [0.717, 1.165) is 16.5 Å². The first kappa shape index (κ1) is 22.6. The van der Waals surface area contributed by atoms with Crippen LogP contribution in [0.5, 0.6) is 0 Å². The Morgan fingerprint density at radius 3 is 2.56 bits per heavy atom. The second kappa shape index (κ2) is 9.94. The van der Waals surface area contributed by atoms with Crippen molar-refractivity contribution in [2.24, 2.45) is 0 Å². The average Bonchev–Trinajstić information content (AvgIpc) is 3.24. The SMILES string of the molecule is Cc1ccc(Cc2nsc(N3CCN(S(=O)(=O)C/C=C/c4ccccc4)C(C)C3)n2)cc1. The second-order valence-corrected chi connectivity index (χ2v) is 10.8. The van der Waals surface area contributed by atoms with Crippen molar-refractivity contribution in [2.75, 3.05) is 30.3 Å². The summed E-state index contributed by atoms with van der Waals surface area (Å²) in [5.74, 6) is 0.814. The summed E-state index contributed by atoms with van der Waals surface area (Å²) in [5.41, 5.74) is 3.42. The average molecular weight is 469 g/mol. The molecule has 0 N–H and O–H groups in total. The molecule has 0 saturated carbocycles. The summed E-state index contributed by atoms with van der Waals surface area (Å²) in [5, 5.41) is 0.861. The second-order valence-electron chi connectivity index (χ2n) is 8.15. The molecule has 1 aliphatic rings. The van der Waals surface area contributed by atoms with E-state index < -0.39 is 10.0 Å². The number of hydrogen-bond donors (Lipinski definition) is 0. The van der Waals surface area contributed by atoms with E-state index in [-0.39, 0.29) is 11.8 Å². The van der Waals surface area contributed by atoms with Crippen LogP contribution in [-0.4, -0.2) is 53.5 Å². The highest BCUT2D eigenvalue weighted by Gasteiger charge is 2.32. The molecule has 1 aromatic heterocycles. The minimum atomic E-state index is -3.36. The van der Waals surface area contributed by atoms with E-state index in [4.69, 9.17) is 4.98 Å². The zero-order valence-electron chi connectivity index (χ0n) is 18.4. The van der Waals surface area contributed by atoms with E-state index in [2.05, 4.69) is 40.5 Å². The molecule has 0 amide bonds. The Bertz CT molecular complexity index is 1160. The van der Waals surface area contributed by atoms with Gasteiger partial charge in [-0.2, -0.15) is 8.68 Å². The van der Waals surface area contributed by atoms with Crippen LogP contribution in [0.15, 0.2) is 60.7 Å². The molecule has 0 aliphatic carbocycles. The summed E-state index contributed by atoms with van der Waals surface area (Å²) >= 11 is 1.39. The summed E-state index contributed by atoms with van der Waals surface area (Å²) < 4.78 is 31.9. The van der Waals surface area contributed by atoms with Crippen LogP contribution in [0.4, 0.5) is 5.13 Å². The number of sulfonamides is 1. The van der Waals surface area contributed by atoms with Crippen LogP contribution < -0.4 is 4.90 Å². The Morgan fingerprint density at radius 1 is 1.09 bits per heavy atom. The third kappa shape index (κ3) is 5.62. The number of benzene rings is 2. The predicted molar refractivity (Wildman–Crippen MR) is 132 cm³/mol. The monoisotopic (exact) mass is 468 g/mol. The fourth-order valence-corrected chi connectivity index (χ4v) is 6.05. The van der Waals surface area contributed by atoms with Gasteiger partial charge in [0.15, 0.2) is 0 Å². The van der Waals surface area contributed by atoms with E-state index >= 15 is 0 Å². The molecule has 2 aromatic carbocycles. The lowest BCUT2D eigenvalue weighted by Gasteiger charge is -2.38. The van der Waals surface area contributed by atoms with Crippen molar-refractivity contribution in [2.45, 2.75) is 26.3 Å². The fraction of sp³-hybridized carbons (Fsp3) is 0.333. The first-order valence-corrected chi connectivity index (χ1v) is 13.1. The van der Waals surface area contributed by atoms with Crippen LogP contribution in [0.25, 0.3) is 6.08 Å². The van der Waals surface area contributed by atoms with Gasteiger partial charge in [-0.1, -0.05) is 72.3 Å². The first-order chi connectivity index (χ1) is 15.4. The fourth-order valence-electron chi connectivity index (χ4n) is 3.83. The van der Waals surface area contributed by atoms with Crippen LogP contribution in [0.3, 0.4) is 0 Å². The van der Waals surface area contributed by atoms with Gasteiger partial charge in [-0.25, -0.2) is 13.4 Å². The lowest BCUT2D eigenvalue weighted by atomic mass is 10.1. The standard InChI is InChI=1S/C24H28N4O2S2/c1-19-10-12-22(13-11-19)17-23-25-24(31-26-23)27-14-15-28(20(2)18-27)32(29,30)16-6-9-21-7-4-3-5-8-21/h3-13,20H,14-18H2,1-2H3/b9-6+. The minimum Gasteiger partial charge on any atom is -0.344 e. The number of nitrogens with zero attached hydrogens (tertiary/aromatic N) is 4. The molecule has 0 bridgehead atoms. The summed E-state index contributed by atoms with van der Waals surface area (Å²) in [4.78, 5) is 6.86. The van der Waals surface area contributed by atoms with Crippen molar-refractivity contribution in [1.29, 1.82) is 0 Å². The molecule has 1 atom stereocenters. The first-order valence-electron chi connectivity index (χ1n) is 10.7. The van der Waals surface area contributed by atoms with Crippen molar-refractivity contribution >= 4 is 32.8 Å². The summed E-state index contributed by atoms with van der Waals surface area (Å²) in [6.07, 6.45) is 4.29. The van der Waals surface area contributed by atoms with Gasteiger partial charge >= 0.3 is 0 Å². The van der Waals surface area contributed by atoms with Gasteiger partial charge in [0.25, 0.3) is 0 Å². The van der Waals surface area contributed by atoms with E-state index in [9.17, 15) is 8.42 Å². The molecule has 1 fully saturated rings. The molecule has 6 nitrogen and oxygen atoms in total. The van der Waals surface area contributed by atoms with Gasteiger partial charge in [0.2, 0.25) is 15.2 Å². The molecule has 1 aliphatic heterocycles. The summed E-state index contributed by atoms with van der Waals surface area (Å²) in [6.45, 7) is 5.71. The number of anilines is 1. The largest absolute Gasteiger partial charge is 0.344 e. The van der Waals surface area contributed by atoms with Crippen LogP contribution in [0.1, 0.15) is 29.4 Å². The third-order valence-corrected chi connectivity index (χ3v) is 8.24. The van der Waals surface area contributed by atoms with Crippen LogP contribution in [-0.2, 0) is 16.4 Å². The molecule has 0 spiro atoms. The summed E-state index contributed by atoms with van der Waals surface area (Å²) in [7, 11) is -3.36. The molecule has 0 radical (unpaired) electrons. The third-order valence-electron chi connectivity index (χ3n) is 5.55. The molecule has 32 heavy (non-hydrogen) atoms. The molecule has 2 heterocycles. The lowest BCUT2D eigenvalue weighted by molar-refractivity contribution is 0.307. The van der Waals surface area contributed by atoms with Crippen molar-refractivity contribution in [3.8, 4) is 0 Å². The van der Waals surface area contributed by atoms with Crippen molar-refractivity contribution in [3.05, 3.63) is 83.2 Å². The van der Waals surface area contributed by atoms with Crippen molar-refractivity contribution in [3.63, 3.8) is 0 Å². The molecule has 1 saturated heterocycles. The maximum atomic E-state index is 12.9. The summed E-state index contributed by atoms with van der Waals surface area (Å²) in [6, 6.07) is 18.0. The van der Waals surface area contributed by atoms with Crippen LogP contribution in [0, 0.1) is 6.92 Å². The van der Waals surface area contributed by atoms with E-state index in [1.807, 2.05) is 43.3 Å². The molecule has 4 rings (SSSR count). The molecule has 3 aromatic rings. The van der Waals surface area contributed by atoms with E-state index in [0.29, 0.717) is 26.1 Å². The zero-order chi connectivity index (χ0) is 22.6. The Kier molecular flexibility index (Phi) is 7.03. The van der Waals surface area contributed by atoms with Crippen LogP contribution >= 0.6 is 11.5 Å². The maximum Gasteiger partial charge on any atom is 0.218 e.